The highest BCUT2D eigenvalue weighted by Gasteiger charge is 2.30. The number of nitrogens with one attached hydrogen (secondary N) is 2. The predicted octanol–water partition coefficient (Wildman–Crippen LogP) is 8.74. The lowest BCUT2D eigenvalue weighted by Gasteiger charge is -2.42. The van der Waals surface area contributed by atoms with Gasteiger partial charge in [-0.25, -0.2) is 4.98 Å². The van der Waals surface area contributed by atoms with Crippen LogP contribution in [0.5, 0.6) is 11.5 Å². The van der Waals surface area contributed by atoms with Gasteiger partial charge < -0.3 is 52.3 Å². The van der Waals surface area contributed by atoms with E-state index in [1.165, 1.54) is 58.7 Å². The third kappa shape index (κ3) is 17.8. The van der Waals surface area contributed by atoms with E-state index >= 15 is 0 Å². The van der Waals surface area contributed by atoms with Gasteiger partial charge in [0.25, 0.3) is 0 Å². The first kappa shape index (κ1) is 59.4. The van der Waals surface area contributed by atoms with Gasteiger partial charge in [-0.05, 0) is 155 Å². The van der Waals surface area contributed by atoms with Crippen molar-refractivity contribution in [2.24, 2.45) is 10.7 Å². The molecule has 4 saturated heterocycles. The van der Waals surface area contributed by atoms with Crippen molar-refractivity contribution in [2.45, 2.75) is 82.6 Å². The molecule has 3 atom stereocenters. The van der Waals surface area contributed by atoms with Crippen LogP contribution in [-0.4, -0.2) is 145 Å². The maximum atomic E-state index is 12.8. The molecule has 1 aromatic heterocycles. The van der Waals surface area contributed by atoms with Gasteiger partial charge in [-0.3, -0.25) is 19.4 Å². The number of phenolic OH excluding ortho intramolecular Hbond substituents is 2. The minimum Gasteiger partial charge on any atom is -0.508 e. The normalized spacial score (nSPS) is 18.9. The third-order valence-corrected chi connectivity index (χ3v) is 15.9. The molecule has 3 unspecified atom stereocenters. The Labute approximate surface area is 466 Å². The number of anilines is 6. The number of nitrogens with two attached hydrogens (primary N) is 2. The highest BCUT2D eigenvalue weighted by atomic mass is 79.9. The first-order valence-electron chi connectivity index (χ1n) is 25.3. The molecule has 4 fully saturated rings. The first-order valence-corrected chi connectivity index (χ1v) is 28.7. The lowest BCUT2D eigenvalue weighted by atomic mass is 9.98. The highest BCUT2D eigenvalue weighted by Crippen LogP contribution is 2.32. The summed E-state index contributed by atoms with van der Waals surface area (Å²) in [5.41, 5.74) is 16.9. The number of nitrogen functional groups attached to an aromatic ring is 1. The fourth-order valence-electron chi connectivity index (χ4n) is 9.76. The first-order chi connectivity index (χ1) is 35.7. The Hall–Kier alpha value is -4.89. The van der Waals surface area contributed by atoms with E-state index in [-0.39, 0.29) is 56.3 Å². The molecule has 4 aliphatic heterocycles. The van der Waals surface area contributed by atoms with Crippen LogP contribution in [-0.2, 0) is 0 Å². The Morgan fingerprint density at radius 1 is 0.760 bits per heavy atom. The van der Waals surface area contributed by atoms with Crippen LogP contribution in [0.1, 0.15) is 83.9 Å². The smallest absolute Gasteiger partial charge is 0.206 e. The second-order valence-corrected chi connectivity index (χ2v) is 22.0. The van der Waals surface area contributed by atoms with Crippen molar-refractivity contribution in [3.8, 4) is 11.5 Å². The molecule has 5 aromatic rings. The van der Waals surface area contributed by atoms with Crippen LogP contribution in [0.4, 0.5) is 33.7 Å². The van der Waals surface area contributed by atoms with E-state index in [2.05, 4.69) is 80.4 Å². The lowest BCUT2D eigenvalue weighted by molar-refractivity contribution is 0.0397. The van der Waals surface area contributed by atoms with Gasteiger partial charge in [0.15, 0.2) is 21.2 Å². The van der Waals surface area contributed by atoms with Gasteiger partial charge in [-0.15, -0.1) is 0 Å². The summed E-state index contributed by atoms with van der Waals surface area (Å²) in [6.07, 6.45) is 8.31. The summed E-state index contributed by atoms with van der Waals surface area (Å²) in [5, 5.41) is 46.6. The Kier molecular flexibility index (Phi) is 23.4. The molecule has 21 heteroatoms. The summed E-state index contributed by atoms with van der Waals surface area (Å²) in [7, 11) is 0. The molecular formula is C54H72BrN10O6PS3. The summed E-state index contributed by atoms with van der Waals surface area (Å²) >= 11 is 11.0. The molecule has 404 valence electrons. The van der Waals surface area contributed by atoms with E-state index in [9.17, 15) is 24.9 Å². The number of β-amino-alcohol motifs (C(OH)–C–C–N with tert-alkyl or cyclic N) is 2. The number of alkyl halides is 1. The molecule has 75 heavy (non-hydrogen) atoms. The van der Waals surface area contributed by atoms with Crippen LogP contribution in [0.3, 0.4) is 0 Å². The zero-order valence-electron chi connectivity index (χ0n) is 42.5. The van der Waals surface area contributed by atoms with Crippen molar-refractivity contribution in [3.63, 3.8) is 0 Å². The number of aromatic nitrogens is 1. The summed E-state index contributed by atoms with van der Waals surface area (Å²) in [5.74, 6) is 0.916. The van der Waals surface area contributed by atoms with Crippen LogP contribution in [0, 0.1) is 0 Å². The van der Waals surface area contributed by atoms with E-state index in [1.54, 1.807) is 24.3 Å². The molecule has 0 radical (unpaired) electrons. The number of rotatable bonds is 12. The maximum Gasteiger partial charge on any atom is 0.206 e. The SMILES string of the molecule is CCSC(N)=NC(=S)Nc1ccc(N2CCC(N3CCCC(O)C3)CC2)cc1.Nc1nc(Nc2ccc(N3CCC(N4CCCC(O)C4)CC3)cc2)sc1C(=O)c1cccc(O)c1.O=C(CBr)c1cccc(O)c1.P. The highest BCUT2D eigenvalue weighted by molar-refractivity contribution is 9.09. The Morgan fingerprint density at radius 3 is 1.73 bits per heavy atom. The number of carbonyl (C=O) groups excluding carboxylic acids is 2. The number of aliphatic imine (C=N–C) groups is 1. The molecule has 10 N–H and O–H groups in total. The summed E-state index contributed by atoms with van der Waals surface area (Å²) < 4.78 is 0. The number of ketones is 2. The number of thioether (sulfide) groups is 1. The van der Waals surface area contributed by atoms with Gasteiger partial charge in [-0.2, -0.15) is 14.9 Å². The summed E-state index contributed by atoms with van der Waals surface area (Å²) in [6.45, 7) is 10.0. The fourth-order valence-corrected chi connectivity index (χ4v) is 11.7. The van der Waals surface area contributed by atoms with E-state index < -0.39 is 0 Å². The number of nitrogens with zero attached hydrogens (tertiary/aromatic N) is 6. The van der Waals surface area contributed by atoms with Crippen LogP contribution in [0.2, 0.25) is 0 Å². The molecular weight excluding hydrogens is 1090 g/mol. The number of piperidine rings is 4. The molecule has 5 heterocycles. The second-order valence-electron chi connectivity index (χ2n) is 18.8. The van der Waals surface area contributed by atoms with Gasteiger partial charge in [0, 0.05) is 85.2 Å². The van der Waals surface area contributed by atoms with Crippen LogP contribution in [0.15, 0.2) is 102 Å². The lowest BCUT2D eigenvalue weighted by Crippen LogP contribution is -2.49. The van der Waals surface area contributed by atoms with Crippen molar-refractivity contribution >= 4 is 117 Å². The molecule has 0 bridgehead atoms. The number of thiazole rings is 1. The van der Waals surface area contributed by atoms with E-state index in [0.717, 1.165) is 121 Å². The molecule has 9 rings (SSSR count). The minimum absolute atomic E-state index is 0. The standard InChI is InChI=1S/C26H31N5O3S.C20H31N5OS2.C8H7BrO2.H3P/c27-25-24(23(34)17-3-1-4-21(32)15-17)35-26(29-25)28-18-6-8-19(9-7-18)30-13-10-20(11-14-30)31-12-2-5-22(33)16-31;1-2-28-19(21)23-20(27)22-15-5-7-16(8-6-15)24-12-9-17(10-13-24)25-11-3-4-18(26)14-25;9-5-8(11)6-2-1-3-7(10)4-6;/h1,3-4,6-9,15,20,22,32-33H,2,5,10-14,16,27H2,(H,28,29);5-8,17-18,26H,2-4,9-14H2,1H3,(H3,21,22,23,27);1-4,10H,5H2;1H3. The summed E-state index contributed by atoms with van der Waals surface area (Å²) in [4.78, 5) is 42.4. The number of hydrogen-bond donors (Lipinski definition) is 8. The topological polar surface area (TPSA) is 229 Å². The van der Waals surface area contributed by atoms with Gasteiger partial charge in [-0.1, -0.05) is 70.2 Å². The number of hydrogen-bond acceptors (Lipinski definition) is 16. The van der Waals surface area contributed by atoms with Crippen LogP contribution < -0.4 is 31.9 Å². The fraction of sp³-hybridized carbons (Fsp3) is 0.426. The minimum atomic E-state index is -0.262. The molecule has 0 spiro atoms. The molecule has 0 amide bonds. The third-order valence-electron chi connectivity index (χ3n) is 13.5. The monoisotopic (exact) mass is 1160 g/mol. The Morgan fingerprint density at radius 2 is 1.25 bits per heavy atom. The number of thiocarbonyl (C=S) groups is 1. The molecule has 4 aromatic carbocycles. The second kappa shape index (κ2) is 29.6. The molecule has 4 aliphatic rings. The van der Waals surface area contributed by atoms with Crippen molar-refractivity contribution in [2.75, 3.05) is 89.6 Å². The largest absolute Gasteiger partial charge is 0.508 e. The van der Waals surface area contributed by atoms with Crippen molar-refractivity contribution < 1.29 is 30.0 Å². The van der Waals surface area contributed by atoms with Gasteiger partial charge >= 0.3 is 0 Å². The van der Waals surface area contributed by atoms with Crippen molar-refractivity contribution in [3.05, 3.63) is 113 Å². The molecule has 0 aliphatic carbocycles. The zero-order valence-corrected chi connectivity index (χ0v) is 48.0. The quantitative estimate of drug-likeness (QED) is 0.0146. The van der Waals surface area contributed by atoms with Crippen molar-refractivity contribution in [1.29, 1.82) is 0 Å². The summed E-state index contributed by atoms with van der Waals surface area (Å²) in [6, 6.07) is 30.2. The van der Waals surface area contributed by atoms with E-state index in [1.807, 2.05) is 31.2 Å². The van der Waals surface area contributed by atoms with Gasteiger partial charge in [0.05, 0.1) is 17.5 Å². The average Bonchev–Trinajstić information content (AvgIpc) is 3.78. The van der Waals surface area contributed by atoms with Crippen LogP contribution in [0.25, 0.3) is 0 Å². The predicted molar refractivity (Wildman–Crippen MR) is 322 cm³/mol. The maximum absolute atomic E-state index is 12.8. The Bertz CT molecular complexity index is 2650. The Balaban J connectivity index is 0.000000204. The number of aliphatic hydroxyl groups is 2. The number of aliphatic hydroxyl groups excluding tert-OH is 2. The molecule has 0 saturated carbocycles. The number of phenols is 2. The number of likely N-dealkylation sites (tertiary alicyclic amines) is 2. The number of Topliss-reactive ketones (excluding diaryl/α,β-unsaturated/α-hetero) is 1. The number of amidine groups is 1. The number of carbonyl (C=O) groups is 2. The number of aromatic hydroxyl groups is 2. The zero-order chi connectivity index (χ0) is 52.6. The average molecular weight is 1160 g/mol. The van der Waals surface area contributed by atoms with E-state index in [4.69, 9.17) is 28.8 Å². The van der Waals surface area contributed by atoms with Crippen molar-refractivity contribution in [1.82, 2.24) is 14.8 Å². The number of benzene rings is 4. The number of halogens is 1. The molecule has 16 nitrogen and oxygen atoms in total. The van der Waals surface area contributed by atoms with Gasteiger partial charge in [0.2, 0.25) is 5.78 Å². The van der Waals surface area contributed by atoms with E-state index in [0.29, 0.717) is 43.5 Å². The van der Waals surface area contributed by atoms with Crippen LogP contribution >= 0.6 is 61.1 Å². The van der Waals surface area contributed by atoms with Gasteiger partial charge in [0.1, 0.15) is 22.2 Å².